The van der Waals surface area contributed by atoms with Gasteiger partial charge in [0.15, 0.2) is 17.5 Å². The first-order valence-corrected chi connectivity index (χ1v) is 8.75. The number of benzene rings is 2. The number of ether oxygens (including phenoxy) is 4. The maximum atomic E-state index is 13.1. The molecule has 10 heteroatoms. The van der Waals surface area contributed by atoms with Crippen molar-refractivity contribution in [2.45, 2.75) is 13.2 Å². The first kappa shape index (κ1) is 20.4. The Kier molecular flexibility index (Phi) is 6.88. The van der Waals surface area contributed by atoms with E-state index in [1.165, 1.54) is 18.2 Å². The molecule has 0 radical (unpaired) electrons. The highest BCUT2D eigenvalue weighted by Crippen LogP contribution is 2.38. The Bertz CT molecular complexity index is 865. The zero-order valence-corrected chi connectivity index (χ0v) is 15.6. The van der Waals surface area contributed by atoms with Crippen molar-refractivity contribution in [2.75, 3.05) is 27.0 Å². The lowest BCUT2D eigenvalue weighted by atomic mass is 10.1. The van der Waals surface area contributed by atoms with Crippen LogP contribution in [0, 0.1) is 5.82 Å². The van der Waals surface area contributed by atoms with Crippen LogP contribution in [-0.2, 0) is 6.54 Å². The molecule has 2 aromatic rings. The van der Waals surface area contributed by atoms with Crippen LogP contribution in [0.4, 0.5) is 13.2 Å². The summed E-state index contributed by atoms with van der Waals surface area (Å²) in [5.74, 6) is 1.26. The molecule has 0 amide bonds. The molecule has 0 aliphatic carbocycles. The van der Waals surface area contributed by atoms with Gasteiger partial charge in [-0.1, -0.05) is 6.07 Å². The van der Waals surface area contributed by atoms with Gasteiger partial charge in [-0.25, -0.2) is 4.39 Å². The van der Waals surface area contributed by atoms with Crippen LogP contribution >= 0.6 is 0 Å². The second-order valence-corrected chi connectivity index (χ2v) is 5.85. The lowest BCUT2D eigenvalue weighted by Gasteiger charge is -2.15. The lowest BCUT2D eigenvalue weighted by molar-refractivity contribution is -0.0505. The highest BCUT2D eigenvalue weighted by Gasteiger charge is 2.20. The van der Waals surface area contributed by atoms with Crippen LogP contribution in [0.15, 0.2) is 41.4 Å². The van der Waals surface area contributed by atoms with Gasteiger partial charge in [-0.15, -0.1) is 0 Å². The number of hydrogen-bond donors (Lipinski definition) is 2. The van der Waals surface area contributed by atoms with Gasteiger partial charge in [-0.05, 0) is 18.2 Å². The van der Waals surface area contributed by atoms with Crippen LogP contribution in [0.3, 0.4) is 0 Å². The molecule has 0 spiro atoms. The molecule has 1 aliphatic heterocycles. The molecular formula is C19H20F3N3O4. The molecule has 3 rings (SSSR count). The predicted molar refractivity (Wildman–Crippen MR) is 99.3 cm³/mol. The van der Waals surface area contributed by atoms with Crippen molar-refractivity contribution in [3.63, 3.8) is 0 Å². The summed E-state index contributed by atoms with van der Waals surface area (Å²) in [5, 5.41) is 6.01. The van der Waals surface area contributed by atoms with Crippen molar-refractivity contribution in [2.24, 2.45) is 4.99 Å². The Labute approximate surface area is 165 Å². The predicted octanol–water partition coefficient (Wildman–Crippen LogP) is 2.90. The van der Waals surface area contributed by atoms with Gasteiger partial charge in [-0.2, -0.15) is 8.78 Å². The van der Waals surface area contributed by atoms with E-state index in [0.29, 0.717) is 35.3 Å². The Morgan fingerprint density at radius 2 is 1.97 bits per heavy atom. The molecule has 156 valence electrons. The smallest absolute Gasteiger partial charge is 0.387 e. The normalized spacial score (nSPS) is 12.8. The van der Waals surface area contributed by atoms with E-state index in [1.54, 1.807) is 25.2 Å². The molecule has 2 aromatic carbocycles. The van der Waals surface area contributed by atoms with E-state index in [4.69, 9.17) is 14.2 Å². The van der Waals surface area contributed by atoms with Crippen LogP contribution in [0.2, 0.25) is 0 Å². The molecule has 0 unspecified atom stereocenters. The minimum absolute atomic E-state index is 0.0124. The van der Waals surface area contributed by atoms with Crippen molar-refractivity contribution >= 4 is 5.96 Å². The monoisotopic (exact) mass is 411 g/mol. The zero-order valence-electron chi connectivity index (χ0n) is 15.6. The van der Waals surface area contributed by atoms with Gasteiger partial charge in [0.05, 0.1) is 6.54 Å². The molecule has 0 atom stereocenters. The fourth-order valence-corrected chi connectivity index (χ4v) is 2.60. The first-order chi connectivity index (χ1) is 14.0. The third kappa shape index (κ3) is 5.84. The molecule has 0 saturated heterocycles. The van der Waals surface area contributed by atoms with Crippen molar-refractivity contribution in [1.29, 1.82) is 0 Å². The molecule has 0 fully saturated rings. The van der Waals surface area contributed by atoms with Crippen LogP contribution < -0.4 is 29.6 Å². The van der Waals surface area contributed by atoms with Crippen LogP contribution in [-0.4, -0.2) is 39.6 Å². The van der Waals surface area contributed by atoms with E-state index in [9.17, 15) is 13.2 Å². The minimum atomic E-state index is -2.97. The fourth-order valence-electron chi connectivity index (χ4n) is 2.60. The number of aliphatic imine (C=N–C) groups is 1. The van der Waals surface area contributed by atoms with E-state index in [0.717, 1.165) is 0 Å². The SMILES string of the molecule is CN=C(NCCOc1cccc(F)c1)NCc1cc2c(cc1OC(F)F)OCO2. The second-order valence-electron chi connectivity index (χ2n) is 5.85. The van der Waals surface area contributed by atoms with Gasteiger partial charge < -0.3 is 29.6 Å². The van der Waals surface area contributed by atoms with Gasteiger partial charge >= 0.3 is 6.61 Å². The quantitative estimate of drug-likeness (QED) is 0.395. The van der Waals surface area contributed by atoms with Gasteiger partial charge in [0.25, 0.3) is 0 Å². The average Bonchev–Trinajstić information content (AvgIpc) is 3.14. The van der Waals surface area contributed by atoms with Crippen LogP contribution in [0.1, 0.15) is 5.56 Å². The third-order valence-electron chi connectivity index (χ3n) is 3.90. The number of nitrogens with zero attached hydrogens (tertiary/aromatic N) is 1. The molecule has 0 bridgehead atoms. The summed E-state index contributed by atoms with van der Waals surface area (Å²) < 4.78 is 59.0. The largest absolute Gasteiger partial charge is 0.492 e. The Morgan fingerprint density at radius 3 is 2.69 bits per heavy atom. The number of fused-ring (bicyclic) bond motifs is 1. The molecule has 0 saturated carbocycles. The van der Waals surface area contributed by atoms with Crippen molar-refractivity contribution < 1.29 is 32.1 Å². The van der Waals surface area contributed by atoms with Crippen molar-refractivity contribution in [3.8, 4) is 23.0 Å². The summed E-state index contributed by atoms with van der Waals surface area (Å²) in [6.45, 7) is -2.13. The van der Waals surface area contributed by atoms with Gasteiger partial charge in [0.2, 0.25) is 6.79 Å². The number of alkyl halides is 2. The number of hydrogen-bond acceptors (Lipinski definition) is 5. The second kappa shape index (κ2) is 9.76. The van der Waals surface area contributed by atoms with E-state index in [-0.39, 0.29) is 31.5 Å². The standard InChI is InChI=1S/C19H20F3N3O4/c1-23-19(24-5-6-26-14-4-2-3-13(20)8-14)25-10-12-7-16-17(28-11-27-16)9-15(12)29-18(21)22/h2-4,7-9,18H,5-6,10-11H2,1H3,(H2,23,24,25). The molecule has 1 aliphatic rings. The summed E-state index contributed by atoms with van der Waals surface area (Å²) in [5.41, 5.74) is 0.452. The van der Waals surface area contributed by atoms with E-state index >= 15 is 0 Å². The highest BCUT2D eigenvalue weighted by atomic mass is 19.3. The summed E-state index contributed by atoms with van der Waals surface area (Å²) in [7, 11) is 1.57. The number of guanidine groups is 1. The summed E-state index contributed by atoms with van der Waals surface area (Å²) in [6.07, 6.45) is 0. The van der Waals surface area contributed by atoms with E-state index < -0.39 is 6.61 Å². The molecule has 0 aromatic heterocycles. The Hall–Kier alpha value is -3.30. The molecule has 7 nitrogen and oxygen atoms in total. The van der Waals surface area contributed by atoms with E-state index in [1.807, 2.05) is 0 Å². The zero-order chi connectivity index (χ0) is 20.6. The van der Waals surface area contributed by atoms with Crippen molar-refractivity contribution in [1.82, 2.24) is 10.6 Å². The lowest BCUT2D eigenvalue weighted by Crippen LogP contribution is -2.39. The maximum absolute atomic E-state index is 13.1. The summed E-state index contributed by atoms with van der Waals surface area (Å²) in [4.78, 5) is 4.06. The Balaban J connectivity index is 1.52. The number of halogens is 3. The number of rotatable bonds is 8. The minimum Gasteiger partial charge on any atom is -0.492 e. The topological polar surface area (TPSA) is 73.3 Å². The van der Waals surface area contributed by atoms with Crippen LogP contribution in [0.5, 0.6) is 23.0 Å². The third-order valence-corrected chi connectivity index (χ3v) is 3.90. The fraction of sp³-hybridized carbons (Fsp3) is 0.316. The first-order valence-electron chi connectivity index (χ1n) is 8.75. The average molecular weight is 411 g/mol. The van der Waals surface area contributed by atoms with E-state index in [2.05, 4.69) is 20.4 Å². The highest BCUT2D eigenvalue weighted by molar-refractivity contribution is 5.79. The maximum Gasteiger partial charge on any atom is 0.387 e. The summed E-state index contributed by atoms with van der Waals surface area (Å²) in [6, 6.07) is 8.78. The van der Waals surface area contributed by atoms with Crippen molar-refractivity contribution in [3.05, 3.63) is 47.8 Å². The Morgan fingerprint density at radius 1 is 1.17 bits per heavy atom. The van der Waals surface area contributed by atoms with Gasteiger partial charge in [-0.3, -0.25) is 4.99 Å². The molecule has 1 heterocycles. The molecule has 29 heavy (non-hydrogen) atoms. The number of nitrogens with one attached hydrogen (secondary N) is 2. The summed E-state index contributed by atoms with van der Waals surface area (Å²) >= 11 is 0. The van der Waals surface area contributed by atoms with Crippen LogP contribution in [0.25, 0.3) is 0 Å². The molecule has 2 N–H and O–H groups in total. The van der Waals surface area contributed by atoms with Gasteiger partial charge in [0, 0.05) is 31.3 Å². The molecular weight excluding hydrogens is 391 g/mol. The van der Waals surface area contributed by atoms with Gasteiger partial charge in [0.1, 0.15) is 23.9 Å².